The monoisotopic (exact) mass is 264 g/mol. The summed E-state index contributed by atoms with van der Waals surface area (Å²) in [7, 11) is 0. The fourth-order valence-electron chi connectivity index (χ4n) is 2.06. The van der Waals surface area contributed by atoms with Crippen molar-refractivity contribution in [3.63, 3.8) is 0 Å². The number of nitrogen functional groups attached to an aromatic ring is 1. The largest absolute Gasteiger partial charge is 0.354 e. The zero-order valence-corrected chi connectivity index (χ0v) is 11.1. The minimum absolute atomic E-state index is 0.0235. The summed E-state index contributed by atoms with van der Waals surface area (Å²) in [6, 6.07) is 1.78. The van der Waals surface area contributed by atoms with E-state index in [1.54, 1.807) is 6.07 Å². The number of rotatable bonds is 4. The summed E-state index contributed by atoms with van der Waals surface area (Å²) in [6.07, 6.45) is 2.67. The lowest BCUT2D eigenvalue weighted by molar-refractivity contribution is -0.119. The first-order valence-corrected chi connectivity index (χ1v) is 6.59. The summed E-state index contributed by atoms with van der Waals surface area (Å²) in [5.41, 5.74) is 2.55. The molecule has 7 heteroatoms. The molecule has 1 saturated heterocycles. The number of carbonyl (C=O) groups excluding carboxylic acids is 1. The number of hydrazine groups is 1. The molecule has 0 atom stereocenters. The first kappa shape index (κ1) is 13.5. The van der Waals surface area contributed by atoms with Gasteiger partial charge in [-0.05, 0) is 12.8 Å². The van der Waals surface area contributed by atoms with E-state index in [4.69, 9.17) is 5.84 Å². The molecule has 0 aliphatic carbocycles. The van der Waals surface area contributed by atoms with Crippen LogP contribution in [0.25, 0.3) is 0 Å². The van der Waals surface area contributed by atoms with Gasteiger partial charge < -0.3 is 15.6 Å². The summed E-state index contributed by atoms with van der Waals surface area (Å²) in [4.78, 5) is 22.4. The van der Waals surface area contributed by atoms with E-state index in [0.29, 0.717) is 18.9 Å². The van der Waals surface area contributed by atoms with Crippen LogP contribution in [-0.2, 0) is 11.2 Å². The number of aryl methyl sites for hydroxylation is 1. The van der Waals surface area contributed by atoms with Gasteiger partial charge in [0.1, 0.15) is 17.5 Å². The van der Waals surface area contributed by atoms with Gasteiger partial charge in [-0.2, -0.15) is 0 Å². The lowest BCUT2D eigenvalue weighted by Crippen LogP contribution is -2.33. The molecule has 0 radical (unpaired) electrons. The third-order valence-electron chi connectivity index (χ3n) is 2.97. The Hall–Kier alpha value is -1.89. The minimum atomic E-state index is 0.0235. The summed E-state index contributed by atoms with van der Waals surface area (Å²) in [5.74, 6) is 7.54. The van der Waals surface area contributed by atoms with Crippen LogP contribution in [0.3, 0.4) is 0 Å². The van der Waals surface area contributed by atoms with Gasteiger partial charge in [0.15, 0.2) is 0 Å². The van der Waals surface area contributed by atoms with E-state index in [0.717, 1.165) is 37.4 Å². The van der Waals surface area contributed by atoms with Crippen molar-refractivity contribution in [1.29, 1.82) is 0 Å². The highest BCUT2D eigenvalue weighted by Crippen LogP contribution is 2.17. The number of aromatic nitrogens is 2. The molecular formula is C12H20N6O. The number of nitrogens with one attached hydrogen (secondary N) is 2. The van der Waals surface area contributed by atoms with Crippen LogP contribution in [0.4, 0.5) is 11.6 Å². The van der Waals surface area contributed by atoms with Gasteiger partial charge in [0.2, 0.25) is 5.91 Å². The van der Waals surface area contributed by atoms with E-state index in [-0.39, 0.29) is 5.91 Å². The van der Waals surface area contributed by atoms with Gasteiger partial charge in [0, 0.05) is 25.6 Å². The first-order chi connectivity index (χ1) is 9.22. The smallest absolute Gasteiger partial charge is 0.239 e. The van der Waals surface area contributed by atoms with Crippen molar-refractivity contribution in [3.8, 4) is 0 Å². The van der Waals surface area contributed by atoms with Gasteiger partial charge >= 0.3 is 0 Å². The summed E-state index contributed by atoms with van der Waals surface area (Å²) < 4.78 is 0. The maximum absolute atomic E-state index is 11.6. The molecule has 0 unspecified atom stereocenters. The highest BCUT2D eigenvalue weighted by molar-refractivity contribution is 5.81. The molecule has 7 nitrogen and oxygen atoms in total. The van der Waals surface area contributed by atoms with Gasteiger partial charge in [0.05, 0.1) is 6.54 Å². The standard InChI is InChI=1S/C12H20N6O/c1-2-4-9-15-10(17-13)7-11(16-9)18-6-3-5-14-12(19)8-18/h7H,2-6,8,13H2,1H3,(H,14,19)(H,15,16,17). The van der Waals surface area contributed by atoms with Gasteiger partial charge in [0.25, 0.3) is 0 Å². The number of hydrogen-bond donors (Lipinski definition) is 3. The van der Waals surface area contributed by atoms with Gasteiger partial charge in [-0.1, -0.05) is 6.92 Å². The highest BCUT2D eigenvalue weighted by atomic mass is 16.2. The van der Waals surface area contributed by atoms with Crippen LogP contribution in [-0.4, -0.2) is 35.5 Å². The lowest BCUT2D eigenvalue weighted by atomic mass is 10.3. The SMILES string of the molecule is CCCc1nc(NN)cc(N2CCCNC(=O)C2)n1. The maximum atomic E-state index is 11.6. The van der Waals surface area contributed by atoms with Gasteiger partial charge in [-0.25, -0.2) is 15.8 Å². The molecule has 1 aromatic rings. The topological polar surface area (TPSA) is 96.2 Å². The number of nitrogens with two attached hydrogens (primary N) is 1. The fourth-order valence-corrected chi connectivity index (χ4v) is 2.06. The zero-order valence-electron chi connectivity index (χ0n) is 11.1. The van der Waals surface area contributed by atoms with Crippen LogP contribution in [0.1, 0.15) is 25.6 Å². The number of anilines is 2. The van der Waals surface area contributed by atoms with E-state index < -0.39 is 0 Å². The van der Waals surface area contributed by atoms with Crippen molar-refractivity contribution >= 4 is 17.5 Å². The highest BCUT2D eigenvalue weighted by Gasteiger charge is 2.17. The van der Waals surface area contributed by atoms with Crippen molar-refractivity contribution in [1.82, 2.24) is 15.3 Å². The Balaban J connectivity index is 2.25. The molecule has 1 aliphatic rings. The molecule has 2 heterocycles. The third kappa shape index (κ3) is 3.54. The number of hydrogen-bond acceptors (Lipinski definition) is 6. The van der Waals surface area contributed by atoms with Crippen molar-refractivity contribution in [3.05, 3.63) is 11.9 Å². The quantitative estimate of drug-likeness (QED) is 0.525. The van der Waals surface area contributed by atoms with Crippen LogP contribution in [0.5, 0.6) is 0 Å². The maximum Gasteiger partial charge on any atom is 0.239 e. The number of carbonyl (C=O) groups is 1. The minimum Gasteiger partial charge on any atom is -0.354 e. The zero-order chi connectivity index (χ0) is 13.7. The number of amides is 1. The van der Waals surface area contributed by atoms with Crippen molar-refractivity contribution in [2.75, 3.05) is 30.0 Å². The summed E-state index contributed by atoms with van der Waals surface area (Å²) >= 11 is 0. The van der Waals surface area contributed by atoms with E-state index in [1.165, 1.54) is 0 Å². The Morgan fingerprint density at radius 2 is 2.37 bits per heavy atom. The van der Waals surface area contributed by atoms with Crippen LogP contribution in [0, 0.1) is 0 Å². The second kappa shape index (κ2) is 6.33. The van der Waals surface area contributed by atoms with Crippen molar-refractivity contribution in [2.24, 2.45) is 5.84 Å². The molecule has 0 aromatic carbocycles. The molecule has 4 N–H and O–H groups in total. The number of nitrogens with zero attached hydrogens (tertiary/aromatic N) is 3. The molecule has 0 bridgehead atoms. The van der Waals surface area contributed by atoms with Gasteiger partial charge in [-0.3, -0.25) is 4.79 Å². The average Bonchev–Trinajstić information content (AvgIpc) is 2.63. The second-order valence-corrected chi connectivity index (χ2v) is 4.55. The predicted molar refractivity (Wildman–Crippen MR) is 73.7 cm³/mol. The normalized spacial score (nSPS) is 15.9. The van der Waals surface area contributed by atoms with Crippen molar-refractivity contribution in [2.45, 2.75) is 26.2 Å². The lowest BCUT2D eigenvalue weighted by Gasteiger charge is -2.21. The van der Waals surface area contributed by atoms with Crippen LogP contribution in [0.15, 0.2) is 6.07 Å². The third-order valence-corrected chi connectivity index (χ3v) is 2.97. The fraction of sp³-hybridized carbons (Fsp3) is 0.583. The Labute approximate surface area is 112 Å². The van der Waals surface area contributed by atoms with E-state index in [2.05, 4.69) is 27.6 Å². The Morgan fingerprint density at radius 3 is 3.11 bits per heavy atom. The Kier molecular flexibility index (Phi) is 4.51. The summed E-state index contributed by atoms with van der Waals surface area (Å²) in [6.45, 7) is 3.91. The van der Waals surface area contributed by atoms with Gasteiger partial charge in [-0.15, -0.1) is 0 Å². The molecule has 1 aromatic heterocycles. The van der Waals surface area contributed by atoms with E-state index >= 15 is 0 Å². The Morgan fingerprint density at radius 1 is 1.53 bits per heavy atom. The summed E-state index contributed by atoms with van der Waals surface area (Å²) in [5, 5.41) is 2.85. The molecule has 104 valence electrons. The van der Waals surface area contributed by atoms with Crippen LogP contribution >= 0.6 is 0 Å². The molecular weight excluding hydrogens is 244 g/mol. The Bertz CT molecular complexity index is 450. The molecule has 2 rings (SSSR count). The first-order valence-electron chi connectivity index (χ1n) is 6.59. The molecule has 0 spiro atoms. The second-order valence-electron chi connectivity index (χ2n) is 4.55. The van der Waals surface area contributed by atoms with E-state index in [9.17, 15) is 4.79 Å². The molecule has 1 fully saturated rings. The molecule has 19 heavy (non-hydrogen) atoms. The van der Waals surface area contributed by atoms with Crippen molar-refractivity contribution < 1.29 is 4.79 Å². The molecule has 0 saturated carbocycles. The van der Waals surface area contributed by atoms with Crippen LogP contribution < -0.4 is 21.5 Å². The predicted octanol–water partition coefficient (Wildman–Crippen LogP) is 0.0410. The van der Waals surface area contributed by atoms with Crippen LogP contribution in [0.2, 0.25) is 0 Å². The average molecular weight is 264 g/mol. The molecule has 1 aliphatic heterocycles. The molecule has 1 amide bonds. The van der Waals surface area contributed by atoms with E-state index in [1.807, 2.05) is 4.90 Å².